The maximum atomic E-state index is 11.8. The monoisotopic (exact) mass is 275 g/mol. The second-order valence-electron chi connectivity index (χ2n) is 5.02. The quantitative estimate of drug-likeness (QED) is 0.717. The van der Waals surface area contributed by atoms with Gasteiger partial charge in [0.25, 0.3) is 0 Å². The molecule has 1 saturated heterocycles. The number of carbonyl (C=O) groups is 3. The van der Waals surface area contributed by atoms with Crippen LogP contribution in [0.2, 0.25) is 0 Å². The molecule has 1 aliphatic rings. The van der Waals surface area contributed by atoms with Gasteiger partial charge in [-0.05, 0) is 33.6 Å². The van der Waals surface area contributed by atoms with E-state index in [0.29, 0.717) is 12.7 Å². The van der Waals surface area contributed by atoms with Crippen LogP contribution in [0.15, 0.2) is 0 Å². The molecule has 0 saturated carbocycles. The van der Waals surface area contributed by atoms with E-state index in [1.807, 2.05) is 0 Å². The SMILES string of the molecule is CC(C)(C)OC(=O)N1C(C=O)CCC1C(=O)O.CO. The van der Waals surface area contributed by atoms with E-state index in [0.717, 1.165) is 12.0 Å². The molecule has 19 heavy (non-hydrogen) atoms. The Kier molecular flexibility index (Phi) is 6.47. The van der Waals surface area contributed by atoms with Crippen LogP contribution >= 0.6 is 0 Å². The maximum absolute atomic E-state index is 11.8. The third-order valence-corrected chi connectivity index (χ3v) is 2.48. The fourth-order valence-electron chi connectivity index (χ4n) is 1.79. The summed E-state index contributed by atoms with van der Waals surface area (Å²) in [6.45, 7) is 5.06. The number of amides is 1. The maximum Gasteiger partial charge on any atom is 0.411 e. The summed E-state index contributed by atoms with van der Waals surface area (Å²) < 4.78 is 5.10. The van der Waals surface area contributed by atoms with Crippen LogP contribution in [-0.4, -0.2) is 58.3 Å². The van der Waals surface area contributed by atoms with Crippen LogP contribution in [-0.2, 0) is 14.3 Å². The first-order chi connectivity index (χ1) is 8.76. The first-order valence-electron chi connectivity index (χ1n) is 5.90. The van der Waals surface area contributed by atoms with Gasteiger partial charge in [-0.25, -0.2) is 9.59 Å². The molecule has 2 N–H and O–H groups in total. The molecule has 0 spiro atoms. The van der Waals surface area contributed by atoms with Gasteiger partial charge < -0.3 is 19.7 Å². The van der Waals surface area contributed by atoms with Crippen LogP contribution in [0.5, 0.6) is 0 Å². The zero-order chi connectivity index (χ0) is 15.2. The van der Waals surface area contributed by atoms with Gasteiger partial charge in [0.1, 0.15) is 17.9 Å². The van der Waals surface area contributed by atoms with Crippen molar-refractivity contribution in [2.45, 2.75) is 51.3 Å². The minimum absolute atomic E-state index is 0.276. The number of hydrogen-bond acceptors (Lipinski definition) is 5. The molecule has 1 rings (SSSR count). The predicted molar refractivity (Wildman–Crippen MR) is 66.7 cm³/mol. The third kappa shape index (κ3) is 4.86. The minimum atomic E-state index is -1.11. The van der Waals surface area contributed by atoms with Crippen molar-refractivity contribution in [2.75, 3.05) is 7.11 Å². The second kappa shape index (κ2) is 7.08. The summed E-state index contributed by atoms with van der Waals surface area (Å²) in [4.78, 5) is 34.6. The highest BCUT2D eigenvalue weighted by Crippen LogP contribution is 2.25. The van der Waals surface area contributed by atoms with E-state index in [1.165, 1.54) is 0 Å². The van der Waals surface area contributed by atoms with E-state index in [9.17, 15) is 14.4 Å². The van der Waals surface area contributed by atoms with Gasteiger partial charge in [-0.15, -0.1) is 0 Å². The number of aliphatic hydroxyl groups is 1. The van der Waals surface area contributed by atoms with Gasteiger partial charge in [0, 0.05) is 7.11 Å². The van der Waals surface area contributed by atoms with Gasteiger partial charge in [-0.3, -0.25) is 4.90 Å². The van der Waals surface area contributed by atoms with Gasteiger partial charge in [0.2, 0.25) is 0 Å². The van der Waals surface area contributed by atoms with Gasteiger partial charge >= 0.3 is 12.1 Å². The van der Waals surface area contributed by atoms with Gasteiger partial charge in [0.15, 0.2) is 0 Å². The van der Waals surface area contributed by atoms with Crippen LogP contribution in [0.25, 0.3) is 0 Å². The van der Waals surface area contributed by atoms with E-state index in [4.69, 9.17) is 14.9 Å². The topological polar surface area (TPSA) is 104 Å². The van der Waals surface area contributed by atoms with E-state index >= 15 is 0 Å². The van der Waals surface area contributed by atoms with Gasteiger partial charge in [-0.1, -0.05) is 0 Å². The van der Waals surface area contributed by atoms with Crippen molar-refractivity contribution in [3.8, 4) is 0 Å². The highest BCUT2D eigenvalue weighted by Gasteiger charge is 2.42. The molecule has 2 unspecified atom stereocenters. The normalized spacial score (nSPS) is 22.3. The molecular formula is C12H21NO6. The third-order valence-electron chi connectivity index (χ3n) is 2.48. The number of carbonyl (C=O) groups excluding carboxylic acids is 2. The van der Waals surface area contributed by atoms with Crippen molar-refractivity contribution in [3.63, 3.8) is 0 Å². The largest absolute Gasteiger partial charge is 0.480 e. The van der Waals surface area contributed by atoms with Crippen LogP contribution in [0.1, 0.15) is 33.6 Å². The molecule has 1 heterocycles. The molecule has 0 aliphatic carbocycles. The second-order valence-corrected chi connectivity index (χ2v) is 5.02. The molecule has 7 nitrogen and oxygen atoms in total. The smallest absolute Gasteiger partial charge is 0.411 e. The van der Waals surface area contributed by atoms with Crippen molar-refractivity contribution in [3.05, 3.63) is 0 Å². The number of aliphatic hydroxyl groups excluding tert-OH is 1. The number of likely N-dealkylation sites (tertiary alicyclic amines) is 1. The Balaban J connectivity index is 0.00000154. The van der Waals surface area contributed by atoms with E-state index in [2.05, 4.69) is 0 Å². The molecule has 1 amide bonds. The molecule has 0 aromatic rings. The number of aliphatic carboxylic acids is 1. The highest BCUT2D eigenvalue weighted by atomic mass is 16.6. The Morgan fingerprint density at radius 3 is 2.16 bits per heavy atom. The van der Waals surface area contributed by atoms with Crippen molar-refractivity contribution in [2.24, 2.45) is 0 Å². The fraction of sp³-hybridized carbons (Fsp3) is 0.750. The summed E-state index contributed by atoms with van der Waals surface area (Å²) in [6.07, 6.45) is 0.476. The summed E-state index contributed by atoms with van der Waals surface area (Å²) >= 11 is 0. The molecule has 0 aromatic heterocycles. The number of ether oxygens (including phenoxy) is 1. The van der Waals surface area contributed by atoms with E-state index in [1.54, 1.807) is 20.8 Å². The van der Waals surface area contributed by atoms with Crippen LogP contribution in [0, 0.1) is 0 Å². The summed E-state index contributed by atoms with van der Waals surface area (Å²) in [5, 5.41) is 16.0. The van der Waals surface area contributed by atoms with E-state index in [-0.39, 0.29) is 6.42 Å². The average Bonchev–Trinajstić information content (AvgIpc) is 2.73. The number of aldehydes is 1. The Labute approximate surface area is 112 Å². The number of hydrogen-bond donors (Lipinski definition) is 2. The number of carboxylic acid groups (broad SMARTS) is 1. The number of nitrogens with zero attached hydrogens (tertiary/aromatic N) is 1. The zero-order valence-corrected chi connectivity index (χ0v) is 11.6. The Morgan fingerprint density at radius 1 is 1.26 bits per heavy atom. The Bertz CT molecular complexity index is 336. The molecule has 0 radical (unpaired) electrons. The van der Waals surface area contributed by atoms with Crippen molar-refractivity contribution < 1.29 is 29.3 Å². The summed E-state index contributed by atoms with van der Waals surface area (Å²) in [5.41, 5.74) is -0.712. The summed E-state index contributed by atoms with van der Waals surface area (Å²) in [7, 11) is 1.00. The summed E-state index contributed by atoms with van der Waals surface area (Å²) in [5.74, 6) is -1.11. The Hall–Kier alpha value is -1.63. The first-order valence-corrected chi connectivity index (χ1v) is 5.90. The van der Waals surface area contributed by atoms with Crippen LogP contribution < -0.4 is 0 Å². The lowest BCUT2D eigenvalue weighted by Crippen LogP contribution is -2.47. The molecule has 0 aromatic carbocycles. The lowest BCUT2D eigenvalue weighted by molar-refractivity contribution is -0.142. The molecule has 1 fully saturated rings. The number of rotatable bonds is 2. The van der Waals surface area contributed by atoms with Crippen molar-refractivity contribution in [1.82, 2.24) is 4.90 Å². The molecular weight excluding hydrogens is 254 g/mol. The fourth-order valence-corrected chi connectivity index (χ4v) is 1.79. The summed E-state index contributed by atoms with van der Waals surface area (Å²) in [6, 6.07) is -1.68. The van der Waals surface area contributed by atoms with Crippen LogP contribution in [0.4, 0.5) is 4.79 Å². The first kappa shape index (κ1) is 17.4. The standard InChI is InChI=1S/C11H17NO5.CH4O/c1-11(2,3)17-10(16)12-7(6-13)4-5-8(12)9(14)15;1-2/h6-8H,4-5H2,1-3H3,(H,14,15);2H,1H3. The van der Waals surface area contributed by atoms with Gasteiger partial charge in [-0.2, -0.15) is 0 Å². The molecule has 0 bridgehead atoms. The average molecular weight is 275 g/mol. The van der Waals surface area contributed by atoms with Crippen molar-refractivity contribution in [1.29, 1.82) is 0 Å². The molecule has 7 heteroatoms. The highest BCUT2D eigenvalue weighted by molar-refractivity contribution is 5.84. The minimum Gasteiger partial charge on any atom is -0.480 e. The molecule has 1 aliphatic heterocycles. The van der Waals surface area contributed by atoms with Crippen molar-refractivity contribution >= 4 is 18.3 Å². The van der Waals surface area contributed by atoms with Gasteiger partial charge in [0.05, 0.1) is 6.04 Å². The molecule has 2 atom stereocenters. The van der Waals surface area contributed by atoms with E-state index < -0.39 is 29.7 Å². The zero-order valence-electron chi connectivity index (χ0n) is 11.6. The lowest BCUT2D eigenvalue weighted by atomic mass is 10.2. The lowest BCUT2D eigenvalue weighted by Gasteiger charge is -2.28. The van der Waals surface area contributed by atoms with Crippen LogP contribution in [0.3, 0.4) is 0 Å². The number of carboxylic acids is 1. The predicted octanol–water partition coefficient (Wildman–Crippen LogP) is 0.646. The molecule has 110 valence electrons. The Morgan fingerprint density at radius 2 is 1.79 bits per heavy atom.